The average Bonchev–Trinajstić information content (AvgIpc) is 2.72. The summed E-state index contributed by atoms with van der Waals surface area (Å²) in [6.07, 6.45) is 2.65. The van der Waals surface area contributed by atoms with Gasteiger partial charge in [0, 0.05) is 10.7 Å². The van der Waals surface area contributed by atoms with Gasteiger partial charge in [-0.3, -0.25) is 9.36 Å². The molecule has 2 amide bonds. The molecule has 4 N–H and O–H groups in total. The van der Waals surface area contributed by atoms with Crippen molar-refractivity contribution in [3.8, 4) is 5.69 Å². The van der Waals surface area contributed by atoms with Gasteiger partial charge in [0.05, 0.1) is 23.1 Å². The number of carbonyl (C=O) groups is 1. The van der Waals surface area contributed by atoms with Gasteiger partial charge in [-0.25, -0.2) is 14.2 Å². The number of allylic oxidation sites excluding steroid dienone is 3. The molecule has 1 heterocycles. The van der Waals surface area contributed by atoms with Crippen LogP contribution in [-0.2, 0) is 6.54 Å². The maximum absolute atomic E-state index is 13.4. The second kappa shape index (κ2) is 10.1. The Balaban J connectivity index is 1.94. The van der Waals surface area contributed by atoms with E-state index >= 15 is 0 Å². The first kappa shape index (κ1) is 23.1. The van der Waals surface area contributed by atoms with Crippen molar-refractivity contribution in [1.29, 1.82) is 0 Å². The summed E-state index contributed by atoms with van der Waals surface area (Å²) < 4.78 is 14.7. The molecule has 3 rings (SSSR count). The third kappa shape index (κ3) is 5.75. The highest BCUT2D eigenvalue weighted by Crippen LogP contribution is 2.14. The Labute approximate surface area is 192 Å². The highest BCUT2D eigenvalue weighted by atomic mass is 35.5. The van der Waals surface area contributed by atoms with E-state index in [4.69, 9.17) is 28.9 Å². The maximum atomic E-state index is 13.4. The summed E-state index contributed by atoms with van der Waals surface area (Å²) in [4.78, 5) is 30.1. The number of amides is 2. The van der Waals surface area contributed by atoms with E-state index in [0.29, 0.717) is 16.6 Å². The number of rotatable bonds is 6. The van der Waals surface area contributed by atoms with Gasteiger partial charge in [0.25, 0.3) is 5.56 Å². The Bertz CT molecular complexity index is 1300. The van der Waals surface area contributed by atoms with Crippen molar-refractivity contribution < 1.29 is 9.18 Å². The molecule has 10 heteroatoms. The van der Waals surface area contributed by atoms with Crippen LogP contribution in [0.4, 0.5) is 9.18 Å². The van der Waals surface area contributed by atoms with E-state index in [1.165, 1.54) is 41.0 Å². The molecule has 0 radical (unpaired) electrons. The monoisotopic (exact) mass is 473 g/mol. The molecular formula is C22H18Cl2FN5O2. The molecule has 7 nitrogen and oxygen atoms in total. The van der Waals surface area contributed by atoms with E-state index in [0.717, 1.165) is 0 Å². The summed E-state index contributed by atoms with van der Waals surface area (Å²) in [5.41, 5.74) is 6.17. The van der Waals surface area contributed by atoms with Crippen molar-refractivity contribution in [1.82, 2.24) is 20.2 Å². The number of hydrogen-bond acceptors (Lipinski definition) is 4. The number of aromatic nitrogens is 2. The van der Waals surface area contributed by atoms with Crippen LogP contribution >= 0.6 is 23.2 Å². The zero-order valence-electron chi connectivity index (χ0n) is 16.6. The van der Waals surface area contributed by atoms with E-state index in [9.17, 15) is 14.0 Å². The fourth-order valence-corrected chi connectivity index (χ4v) is 3.15. The molecule has 0 saturated heterocycles. The number of urea groups is 1. The number of fused-ring (bicyclic) bond motifs is 1. The van der Waals surface area contributed by atoms with Crippen molar-refractivity contribution in [2.45, 2.75) is 6.54 Å². The third-order valence-electron chi connectivity index (χ3n) is 4.20. The number of nitrogens with zero attached hydrogens (tertiary/aromatic N) is 2. The first-order valence-corrected chi connectivity index (χ1v) is 10.0. The molecule has 0 atom stereocenters. The number of carbonyl (C=O) groups excluding carboxylic acids is 1. The second-order valence-electron chi connectivity index (χ2n) is 6.55. The molecule has 3 aromatic rings. The first-order valence-electron chi connectivity index (χ1n) is 9.25. The SMILES string of the molecule is C=C(Cl)/C=C(\C=C(/N)Cl)NC(=O)NCc1nc2ccccc2c(=O)n1-c1ccc(F)cc1. The van der Waals surface area contributed by atoms with Crippen LogP contribution in [0, 0.1) is 5.82 Å². The topological polar surface area (TPSA) is 102 Å². The normalized spacial score (nSPS) is 12.0. The van der Waals surface area contributed by atoms with Crippen molar-refractivity contribution in [3.63, 3.8) is 0 Å². The molecule has 0 saturated carbocycles. The van der Waals surface area contributed by atoms with Gasteiger partial charge in [-0.05, 0) is 48.6 Å². The maximum Gasteiger partial charge on any atom is 0.319 e. The van der Waals surface area contributed by atoms with E-state index in [1.807, 2.05) is 0 Å². The van der Waals surface area contributed by atoms with Gasteiger partial charge >= 0.3 is 6.03 Å². The Morgan fingerprint density at radius 2 is 1.84 bits per heavy atom. The largest absolute Gasteiger partial charge is 0.389 e. The Kier molecular flexibility index (Phi) is 7.29. The van der Waals surface area contributed by atoms with Crippen molar-refractivity contribution in [2.24, 2.45) is 5.73 Å². The highest BCUT2D eigenvalue weighted by Gasteiger charge is 2.14. The lowest BCUT2D eigenvalue weighted by Gasteiger charge is -2.15. The van der Waals surface area contributed by atoms with Crippen LogP contribution in [0.5, 0.6) is 0 Å². The van der Waals surface area contributed by atoms with Crippen LogP contribution in [0.15, 0.2) is 87.9 Å². The molecule has 0 aliphatic carbocycles. The summed E-state index contributed by atoms with van der Waals surface area (Å²) in [7, 11) is 0. The third-order valence-corrected chi connectivity index (χ3v) is 4.42. The lowest BCUT2D eigenvalue weighted by molar-refractivity contribution is 0.243. The number of benzene rings is 2. The van der Waals surface area contributed by atoms with E-state index in [2.05, 4.69) is 22.2 Å². The summed E-state index contributed by atoms with van der Waals surface area (Å²) in [6, 6.07) is 11.6. The van der Waals surface area contributed by atoms with Gasteiger partial charge in [-0.15, -0.1) is 0 Å². The first-order chi connectivity index (χ1) is 15.2. The number of halogens is 3. The van der Waals surface area contributed by atoms with Crippen LogP contribution in [0.1, 0.15) is 5.82 Å². The standard InChI is InChI=1S/C22H18Cl2FN5O2/c1-13(23)10-15(11-19(24)26)28-22(32)27-12-20-29-18-5-3-2-4-17(18)21(31)30(20)16-8-6-14(25)7-9-16/h2-11H,1,12,26H2,(H2,27,28,32)/b15-10+,19-11-. The van der Waals surface area contributed by atoms with Crippen molar-refractivity contribution >= 4 is 40.1 Å². The smallest absolute Gasteiger partial charge is 0.319 e. The average molecular weight is 474 g/mol. The molecule has 2 aromatic carbocycles. The molecule has 0 fully saturated rings. The summed E-state index contributed by atoms with van der Waals surface area (Å²) in [6.45, 7) is 3.41. The number of para-hydroxylation sites is 1. The van der Waals surface area contributed by atoms with Gasteiger partial charge in [0.1, 0.15) is 16.8 Å². The Hall–Kier alpha value is -3.62. The Morgan fingerprint density at radius 1 is 1.16 bits per heavy atom. The zero-order valence-corrected chi connectivity index (χ0v) is 18.1. The zero-order chi connectivity index (χ0) is 23.3. The predicted octanol–water partition coefficient (Wildman–Crippen LogP) is 4.00. The van der Waals surface area contributed by atoms with Gasteiger partial charge in [0.15, 0.2) is 0 Å². The van der Waals surface area contributed by atoms with Gasteiger partial charge in [-0.1, -0.05) is 41.9 Å². The molecule has 0 spiro atoms. The molecule has 0 aliphatic rings. The molecular weight excluding hydrogens is 456 g/mol. The predicted molar refractivity (Wildman–Crippen MR) is 124 cm³/mol. The molecule has 0 bridgehead atoms. The second-order valence-corrected chi connectivity index (χ2v) is 7.47. The minimum Gasteiger partial charge on any atom is -0.389 e. The van der Waals surface area contributed by atoms with Gasteiger partial charge in [0.2, 0.25) is 0 Å². The summed E-state index contributed by atoms with van der Waals surface area (Å²) in [5, 5.41) is 5.61. The number of nitrogens with two attached hydrogens (primary N) is 1. The van der Waals surface area contributed by atoms with Crippen LogP contribution in [0.3, 0.4) is 0 Å². The van der Waals surface area contributed by atoms with Gasteiger partial charge in [-0.2, -0.15) is 0 Å². The van der Waals surface area contributed by atoms with Crippen molar-refractivity contribution in [2.75, 3.05) is 0 Å². The summed E-state index contributed by atoms with van der Waals surface area (Å²) in [5.74, 6) is -0.198. The molecule has 164 valence electrons. The fourth-order valence-electron chi connectivity index (χ4n) is 2.92. The molecule has 0 unspecified atom stereocenters. The lowest BCUT2D eigenvalue weighted by Crippen LogP contribution is -2.36. The van der Waals surface area contributed by atoms with E-state index in [-0.39, 0.29) is 33.8 Å². The fraction of sp³-hybridized carbons (Fsp3) is 0.0455. The van der Waals surface area contributed by atoms with Crippen LogP contribution in [-0.4, -0.2) is 15.6 Å². The quantitative estimate of drug-likeness (QED) is 0.371. The highest BCUT2D eigenvalue weighted by molar-refractivity contribution is 6.31. The lowest BCUT2D eigenvalue weighted by atomic mass is 10.2. The van der Waals surface area contributed by atoms with E-state index < -0.39 is 11.8 Å². The number of nitrogens with one attached hydrogen (secondary N) is 2. The summed E-state index contributed by atoms with van der Waals surface area (Å²) >= 11 is 11.4. The van der Waals surface area contributed by atoms with Crippen LogP contribution < -0.4 is 21.9 Å². The minimum atomic E-state index is -0.628. The van der Waals surface area contributed by atoms with Crippen LogP contribution in [0.2, 0.25) is 0 Å². The minimum absolute atomic E-state index is 0.0733. The molecule has 0 aliphatic heterocycles. The molecule has 1 aromatic heterocycles. The molecule has 32 heavy (non-hydrogen) atoms. The van der Waals surface area contributed by atoms with Crippen molar-refractivity contribution in [3.05, 3.63) is 105 Å². The Morgan fingerprint density at radius 3 is 2.50 bits per heavy atom. The van der Waals surface area contributed by atoms with E-state index in [1.54, 1.807) is 24.3 Å². The van der Waals surface area contributed by atoms with Crippen LogP contribution in [0.25, 0.3) is 16.6 Å². The number of hydrogen-bond donors (Lipinski definition) is 3. The van der Waals surface area contributed by atoms with Gasteiger partial charge < -0.3 is 16.4 Å².